The third kappa shape index (κ3) is 3.26. The van der Waals surface area contributed by atoms with Crippen LogP contribution in [0, 0.1) is 12.3 Å². The molecular weight excluding hydrogens is 220 g/mol. The second-order valence-corrected chi connectivity index (χ2v) is 3.76. The van der Waals surface area contributed by atoms with Gasteiger partial charge in [-0.1, -0.05) is 54.5 Å². The molecule has 0 aliphatic rings. The van der Waals surface area contributed by atoms with Crippen LogP contribution in [0.4, 0.5) is 0 Å². The lowest BCUT2D eigenvalue weighted by atomic mass is 10.2. The largest absolute Gasteiger partial charge is 0.488 e. The Morgan fingerprint density at radius 3 is 2.50 bits per heavy atom. The Bertz CT molecular complexity index is 562. The molecular formula is C17H14O. The van der Waals surface area contributed by atoms with Gasteiger partial charge in [0.1, 0.15) is 12.4 Å². The Hall–Kier alpha value is -2.46. The molecule has 0 radical (unpaired) electrons. The summed E-state index contributed by atoms with van der Waals surface area (Å²) in [6.45, 7) is 0.508. The highest BCUT2D eigenvalue weighted by molar-refractivity contribution is 5.49. The van der Waals surface area contributed by atoms with Gasteiger partial charge in [-0.2, -0.15) is 0 Å². The lowest BCUT2D eigenvalue weighted by molar-refractivity contribution is 0.362. The van der Waals surface area contributed by atoms with Crippen LogP contribution in [0.1, 0.15) is 11.1 Å². The van der Waals surface area contributed by atoms with E-state index in [9.17, 15) is 0 Å². The van der Waals surface area contributed by atoms with Gasteiger partial charge in [-0.15, -0.1) is 6.42 Å². The maximum atomic E-state index is 5.62. The molecule has 0 fully saturated rings. The van der Waals surface area contributed by atoms with Gasteiger partial charge in [-0.05, 0) is 23.8 Å². The Morgan fingerprint density at radius 1 is 1.00 bits per heavy atom. The van der Waals surface area contributed by atoms with Crippen LogP contribution >= 0.6 is 0 Å². The zero-order valence-electron chi connectivity index (χ0n) is 10.0. The highest BCUT2D eigenvalue weighted by atomic mass is 16.5. The maximum Gasteiger partial charge on any atom is 0.135 e. The van der Waals surface area contributed by atoms with E-state index in [0.29, 0.717) is 6.61 Å². The molecule has 1 nitrogen and oxygen atoms in total. The van der Waals surface area contributed by atoms with Crippen molar-refractivity contribution in [2.24, 2.45) is 0 Å². The third-order valence-corrected chi connectivity index (χ3v) is 2.49. The molecule has 18 heavy (non-hydrogen) atoms. The fourth-order valence-corrected chi connectivity index (χ4v) is 1.60. The summed E-state index contributed by atoms with van der Waals surface area (Å²) in [5.74, 6) is 3.35. The molecule has 0 aliphatic carbocycles. The highest BCUT2D eigenvalue weighted by Gasteiger charge is 1.97. The Morgan fingerprint density at radius 2 is 1.72 bits per heavy atom. The van der Waals surface area contributed by atoms with E-state index in [2.05, 4.69) is 5.92 Å². The van der Waals surface area contributed by atoms with Crippen LogP contribution < -0.4 is 4.74 Å². The predicted molar refractivity (Wildman–Crippen MR) is 75.3 cm³/mol. The van der Waals surface area contributed by atoms with Crippen LogP contribution in [0.5, 0.6) is 5.75 Å². The first-order valence-corrected chi connectivity index (χ1v) is 5.80. The summed E-state index contributed by atoms with van der Waals surface area (Å²) in [7, 11) is 0. The number of para-hydroxylation sites is 1. The molecule has 0 heterocycles. The monoisotopic (exact) mass is 234 g/mol. The maximum absolute atomic E-state index is 5.62. The van der Waals surface area contributed by atoms with Crippen LogP contribution in [-0.4, -0.2) is 6.61 Å². The average Bonchev–Trinajstić information content (AvgIpc) is 2.45. The van der Waals surface area contributed by atoms with Crippen molar-refractivity contribution in [3.8, 4) is 18.1 Å². The minimum absolute atomic E-state index is 0.508. The van der Waals surface area contributed by atoms with Crippen molar-refractivity contribution in [1.82, 2.24) is 0 Å². The fourth-order valence-electron chi connectivity index (χ4n) is 1.60. The summed E-state index contributed by atoms with van der Waals surface area (Å²) in [6, 6.07) is 17.7. The number of terminal acetylenes is 1. The van der Waals surface area contributed by atoms with E-state index in [1.165, 1.54) is 0 Å². The van der Waals surface area contributed by atoms with Crippen LogP contribution in [0.15, 0.2) is 60.7 Å². The van der Waals surface area contributed by atoms with Crippen molar-refractivity contribution in [2.75, 3.05) is 6.61 Å². The van der Waals surface area contributed by atoms with Gasteiger partial charge in [0.25, 0.3) is 0 Å². The number of rotatable bonds is 4. The minimum Gasteiger partial charge on any atom is -0.488 e. The summed E-state index contributed by atoms with van der Waals surface area (Å²) < 4.78 is 5.62. The van der Waals surface area contributed by atoms with Crippen molar-refractivity contribution >= 4 is 6.08 Å². The van der Waals surface area contributed by atoms with Crippen molar-refractivity contribution in [3.05, 3.63) is 71.8 Å². The smallest absolute Gasteiger partial charge is 0.135 e. The van der Waals surface area contributed by atoms with Crippen molar-refractivity contribution in [2.45, 2.75) is 0 Å². The van der Waals surface area contributed by atoms with E-state index >= 15 is 0 Å². The normalized spacial score (nSPS) is 10.2. The lowest BCUT2D eigenvalue weighted by Crippen LogP contribution is -1.95. The topological polar surface area (TPSA) is 9.23 Å². The minimum atomic E-state index is 0.508. The number of hydrogen-bond donors (Lipinski definition) is 0. The van der Waals surface area contributed by atoms with Gasteiger partial charge in [0.05, 0.1) is 5.56 Å². The zero-order valence-corrected chi connectivity index (χ0v) is 10.0. The highest BCUT2D eigenvalue weighted by Crippen LogP contribution is 2.16. The van der Waals surface area contributed by atoms with Gasteiger partial charge in [-0.25, -0.2) is 0 Å². The van der Waals surface area contributed by atoms with Gasteiger partial charge in [0, 0.05) is 0 Å². The molecule has 0 atom stereocenters. The molecule has 2 aromatic rings. The summed E-state index contributed by atoms with van der Waals surface area (Å²) >= 11 is 0. The first-order chi connectivity index (χ1) is 8.90. The number of benzene rings is 2. The number of hydrogen-bond acceptors (Lipinski definition) is 1. The van der Waals surface area contributed by atoms with Crippen molar-refractivity contribution in [3.63, 3.8) is 0 Å². The third-order valence-electron chi connectivity index (χ3n) is 2.49. The fraction of sp³-hybridized carbons (Fsp3) is 0.0588. The van der Waals surface area contributed by atoms with Crippen LogP contribution in [0.25, 0.3) is 6.08 Å². The predicted octanol–water partition coefficient (Wildman–Crippen LogP) is 3.76. The molecule has 2 rings (SSSR count). The van der Waals surface area contributed by atoms with Crippen LogP contribution in [0.3, 0.4) is 0 Å². The second-order valence-electron chi connectivity index (χ2n) is 3.76. The van der Waals surface area contributed by atoms with E-state index in [0.717, 1.165) is 16.9 Å². The van der Waals surface area contributed by atoms with Gasteiger partial charge in [-0.3, -0.25) is 0 Å². The Kier molecular flexibility index (Phi) is 4.22. The van der Waals surface area contributed by atoms with Crippen molar-refractivity contribution < 1.29 is 4.74 Å². The molecule has 0 saturated heterocycles. The summed E-state index contributed by atoms with van der Waals surface area (Å²) in [5.41, 5.74) is 1.94. The van der Waals surface area contributed by atoms with E-state index in [4.69, 9.17) is 11.2 Å². The van der Waals surface area contributed by atoms with Gasteiger partial charge in [0.2, 0.25) is 0 Å². The van der Waals surface area contributed by atoms with Gasteiger partial charge >= 0.3 is 0 Å². The van der Waals surface area contributed by atoms with Crippen LogP contribution in [0.2, 0.25) is 0 Å². The molecule has 0 N–H and O–H groups in total. The molecule has 0 bridgehead atoms. The molecule has 0 amide bonds. The molecule has 0 unspecified atom stereocenters. The Labute approximate surface area is 108 Å². The van der Waals surface area contributed by atoms with E-state index in [-0.39, 0.29) is 0 Å². The average molecular weight is 234 g/mol. The first-order valence-electron chi connectivity index (χ1n) is 5.80. The summed E-state index contributed by atoms with van der Waals surface area (Å²) in [5, 5.41) is 0. The SMILES string of the molecule is C#Cc1ccccc1OC/C=C/c1ccccc1. The first kappa shape index (κ1) is 12.0. The summed E-state index contributed by atoms with van der Waals surface area (Å²) in [6.07, 6.45) is 9.40. The van der Waals surface area contributed by atoms with E-state index in [1.807, 2.05) is 66.7 Å². The Balaban J connectivity index is 1.93. The molecule has 0 saturated carbocycles. The molecule has 88 valence electrons. The van der Waals surface area contributed by atoms with Crippen molar-refractivity contribution in [1.29, 1.82) is 0 Å². The summed E-state index contributed by atoms with van der Waals surface area (Å²) in [4.78, 5) is 0. The second kappa shape index (κ2) is 6.32. The quantitative estimate of drug-likeness (QED) is 0.732. The molecule has 0 spiro atoms. The van der Waals surface area contributed by atoms with Gasteiger partial charge in [0.15, 0.2) is 0 Å². The molecule has 2 aromatic carbocycles. The number of ether oxygens (including phenoxy) is 1. The van der Waals surface area contributed by atoms with E-state index in [1.54, 1.807) is 0 Å². The zero-order chi connectivity index (χ0) is 12.6. The van der Waals surface area contributed by atoms with E-state index < -0.39 is 0 Å². The van der Waals surface area contributed by atoms with Crippen LogP contribution in [-0.2, 0) is 0 Å². The molecule has 0 aliphatic heterocycles. The lowest BCUT2D eigenvalue weighted by Gasteiger charge is -2.05. The molecule has 1 heteroatoms. The standard InChI is InChI=1S/C17H14O/c1-2-16-12-6-7-13-17(16)18-14-8-11-15-9-4-3-5-10-15/h1,3-13H,14H2/b11-8+. The molecule has 0 aromatic heterocycles. The van der Waals surface area contributed by atoms with Gasteiger partial charge < -0.3 is 4.74 Å².